The summed E-state index contributed by atoms with van der Waals surface area (Å²) < 4.78 is 28.4. The van der Waals surface area contributed by atoms with Gasteiger partial charge in [-0.15, -0.1) is 0 Å². The van der Waals surface area contributed by atoms with Crippen molar-refractivity contribution in [2.75, 3.05) is 46.8 Å². The zero-order chi connectivity index (χ0) is 24.8. The Balaban J connectivity index is 1.84. The maximum Gasteiger partial charge on any atom is 0.320 e. The Hall–Kier alpha value is -3.20. The average Bonchev–Trinajstić information content (AvgIpc) is 3.25. The minimum absolute atomic E-state index is 0.0527. The van der Waals surface area contributed by atoms with Gasteiger partial charge in [0.25, 0.3) is 0 Å². The molecule has 1 aliphatic heterocycles. The molecule has 2 atom stereocenters. The van der Waals surface area contributed by atoms with Gasteiger partial charge in [-0.3, -0.25) is 4.79 Å². The summed E-state index contributed by atoms with van der Waals surface area (Å²) in [5, 5.41) is 13.0. The molecular weight excluding hydrogens is 442 g/mol. The smallest absolute Gasteiger partial charge is 0.320 e. The molecule has 0 aromatic heterocycles. The maximum atomic E-state index is 14.5. The lowest BCUT2D eigenvalue weighted by Crippen LogP contribution is -2.47. The van der Waals surface area contributed by atoms with Crippen LogP contribution in [-0.4, -0.2) is 78.6 Å². The van der Waals surface area contributed by atoms with Gasteiger partial charge in [0.2, 0.25) is 5.91 Å². The van der Waals surface area contributed by atoms with E-state index in [0.717, 1.165) is 12.1 Å². The predicted octanol–water partition coefficient (Wildman–Crippen LogP) is 3.32. The maximum absolute atomic E-state index is 14.5. The van der Waals surface area contributed by atoms with Crippen molar-refractivity contribution < 1.29 is 23.5 Å². The van der Waals surface area contributed by atoms with Crippen molar-refractivity contribution in [3.05, 3.63) is 65.2 Å². The first-order chi connectivity index (χ1) is 16.2. The third kappa shape index (κ3) is 5.83. The van der Waals surface area contributed by atoms with Crippen molar-refractivity contribution in [1.82, 2.24) is 20.0 Å². The highest BCUT2D eigenvalue weighted by Crippen LogP contribution is 2.42. The normalized spacial score (nSPS) is 17.6. The van der Waals surface area contributed by atoms with Gasteiger partial charge in [-0.2, -0.15) is 0 Å². The fourth-order valence-corrected chi connectivity index (χ4v) is 4.44. The van der Waals surface area contributed by atoms with E-state index in [4.69, 9.17) is 0 Å². The first-order valence-corrected chi connectivity index (χ1v) is 11.4. The molecule has 0 radical (unpaired) electrons. The number of likely N-dealkylation sites (N-methyl/N-ethyl adjacent to an activating group) is 3. The summed E-state index contributed by atoms with van der Waals surface area (Å²) >= 11 is 0. The van der Waals surface area contributed by atoms with Crippen molar-refractivity contribution in [2.24, 2.45) is 0 Å². The minimum atomic E-state index is -0.543. The number of phenols is 1. The Kier molecular flexibility index (Phi) is 8.44. The molecule has 2 N–H and O–H groups in total. The summed E-state index contributed by atoms with van der Waals surface area (Å²) in [5.41, 5.74) is 0.903. The molecular formula is C25H32F2N4O3. The third-order valence-electron chi connectivity index (χ3n) is 6.26. The predicted molar refractivity (Wildman–Crippen MR) is 125 cm³/mol. The molecule has 3 amide bonds. The molecule has 0 bridgehead atoms. The van der Waals surface area contributed by atoms with E-state index in [1.54, 1.807) is 42.1 Å². The molecule has 2 aromatic carbocycles. The third-order valence-corrected chi connectivity index (χ3v) is 6.26. The summed E-state index contributed by atoms with van der Waals surface area (Å²) in [6.45, 7) is 3.65. The summed E-state index contributed by atoms with van der Waals surface area (Å²) in [7, 11) is 3.36. The number of benzene rings is 2. The van der Waals surface area contributed by atoms with E-state index < -0.39 is 23.6 Å². The molecule has 34 heavy (non-hydrogen) atoms. The standard InChI is InChI=1S/C25H32F2N4O3/c1-4-30(11-10-28-2)24(33)16-29(3)25(34)31-15-18(21-14-19(26)8-9-22(21)27)13-23(31)17-6-5-7-20(32)12-17/h5-9,12,14,18,23,28,32H,4,10-11,13,15-16H2,1-3H3. The number of nitrogens with one attached hydrogen (secondary N) is 1. The molecule has 2 aromatic rings. The number of hydrogen-bond acceptors (Lipinski definition) is 4. The highest BCUT2D eigenvalue weighted by atomic mass is 19.1. The van der Waals surface area contributed by atoms with Gasteiger partial charge in [0.05, 0.1) is 6.04 Å². The second-order valence-corrected chi connectivity index (χ2v) is 8.58. The van der Waals surface area contributed by atoms with Gasteiger partial charge in [-0.1, -0.05) is 12.1 Å². The number of nitrogens with zero attached hydrogens (tertiary/aromatic N) is 3. The van der Waals surface area contributed by atoms with Crippen LogP contribution in [0.5, 0.6) is 5.75 Å². The fourth-order valence-electron chi connectivity index (χ4n) is 4.44. The Morgan fingerprint density at radius 3 is 2.65 bits per heavy atom. The fraction of sp³-hybridized carbons (Fsp3) is 0.440. The zero-order valence-electron chi connectivity index (χ0n) is 19.8. The number of likely N-dealkylation sites (tertiary alicyclic amines) is 1. The van der Waals surface area contributed by atoms with E-state index in [-0.39, 0.29) is 36.3 Å². The molecule has 3 rings (SSSR count). The number of urea groups is 1. The summed E-state index contributed by atoms with van der Waals surface area (Å²) in [4.78, 5) is 30.8. The van der Waals surface area contributed by atoms with Crippen molar-refractivity contribution in [2.45, 2.75) is 25.3 Å². The van der Waals surface area contributed by atoms with Crippen LogP contribution in [0.15, 0.2) is 42.5 Å². The largest absolute Gasteiger partial charge is 0.508 e. The van der Waals surface area contributed by atoms with Gasteiger partial charge in [-0.25, -0.2) is 13.6 Å². The number of hydrogen-bond donors (Lipinski definition) is 2. The molecule has 0 spiro atoms. The second kappa shape index (κ2) is 11.3. The molecule has 0 aliphatic carbocycles. The number of rotatable bonds is 8. The molecule has 1 fully saturated rings. The molecule has 1 heterocycles. The molecule has 1 saturated heterocycles. The summed E-state index contributed by atoms with van der Waals surface area (Å²) in [6.07, 6.45) is 0.362. The van der Waals surface area contributed by atoms with Gasteiger partial charge in [0.15, 0.2) is 0 Å². The first kappa shape index (κ1) is 25.4. The van der Waals surface area contributed by atoms with Crippen LogP contribution in [0.25, 0.3) is 0 Å². The van der Waals surface area contributed by atoms with Crippen LogP contribution in [0.4, 0.5) is 13.6 Å². The quantitative estimate of drug-likeness (QED) is 0.616. The molecule has 9 heteroatoms. The van der Waals surface area contributed by atoms with E-state index in [2.05, 4.69) is 5.32 Å². The van der Waals surface area contributed by atoms with Crippen molar-refractivity contribution in [3.63, 3.8) is 0 Å². The Labute approximate surface area is 199 Å². The average molecular weight is 475 g/mol. The number of carbonyl (C=O) groups excluding carboxylic acids is 2. The van der Waals surface area contributed by atoms with Gasteiger partial charge >= 0.3 is 6.03 Å². The van der Waals surface area contributed by atoms with Crippen LogP contribution in [0, 0.1) is 11.6 Å². The summed E-state index contributed by atoms with van der Waals surface area (Å²) in [6, 6.07) is 9.04. The highest BCUT2D eigenvalue weighted by molar-refractivity contribution is 5.84. The Morgan fingerprint density at radius 2 is 1.97 bits per heavy atom. The molecule has 1 aliphatic rings. The van der Waals surface area contributed by atoms with Crippen molar-refractivity contribution in [3.8, 4) is 5.75 Å². The molecule has 0 saturated carbocycles. The van der Waals surface area contributed by atoms with E-state index in [0.29, 0.717) is 31.6 Å². The van der Waals surface area contributed by atoms with E-state index in [1.165, 1.54) is 17.0 Å². The summed E-state index contributed by atoms with van der Waals surface area (Å²) in [5.74, 6) is -1.62. The van der Waals surface area contributed by atoms with E-state index in [1.807, 2.05) is 6.92 Å². The number of amides is 3. The van der Waals surface area contributed by atoms with Crippen molar-refractivity contribution >= 4 is 11.9 Å². The number of carbonyl (C=O) groups is 2. The van der Waals surface area contributed by atoms with E-state index >= 15 is 0 Å². The Morgan fingerprint density at radius 1 is 1.21 bits per heavy atom. The molecule has 7 nitrogen and oxygen atoms in total. The Bertz CT molecular complexity index is 1020. The van der Waals surface area contributed by atoms with Crippen LogP contribution < -0.4 is 5.32 Å². The van der Waals surface area contributed by atoms with Gasteiger partial charge in [0, 0.05) is 39.1 Å². The first-order valence-electron chi connectivity index (χ1n) is 11.4. The van der Waals surface area contributed by atoms with Crippen LogP contribution in [0.2, 0.25) is 0 Å². The second-order valence-electron chi connectivity index (χ2n) is 8.58. The lowest BCUT2D eigenvalue weighted by atomic mass is 9.93. The number of halogens is 2. The number of phenolic OH excluding ortho intramolecular Hbond substituents is 1. The van der Waals surface area contributed by atoms with Gasteiger partial charge in [-0.05, 0) is 61.9 Å². The van der Waals surface area contributed by atoms with Gasteiger partial charge in [0.1, 0.15) is 23.9 Å². The minimum Gasteiger partial charge on any atom is -0.508 e. The van der Waals surface area contributed by atoms with Crippen LogP contribution in [-0.2, 0) is 4.79 Å². The highest BCUT2D eigenvalue weighted by Gasteiger charge is 2.39. The molecule has 2 unspecified atom stereocenters. The van der Waals surface area contributed by atoms with Crippen LogP contribution in [0.3, 0.4) is 0 Å². The lowest BCUT2D eigenvalue weighted by Gasteiger charge is -2.31. The molecule has 184 valence electrons. The SMILES string of the molecule is CCN(CCNC)C(=O)CN(C)C(=O)N1CC(c2cc(F)ccc2F)CC1c1cccc(O)c1. The zero-order valence-corrected chi connectivity index (χ0v) is 19.8. The van der Waals surface area contributed by atoms with Crippen LogP contribution >= 0.6 is 0 Å². The van der Waals surface area contributed by atoms with Crippen LogP contribution in [0.1, 0.15) is 36.4 Å². The van der Waals surface area contributed by atoms with Crippen molar-refractivity contribution in [1.29, 1.82) is 0 Å². The topological polar surface area (TPSA) is 76.1 Å². The van der Waals surface area contributed by atoms with Gasteiger partial charge < -0.3 is 25.1 Å². The monoisotopic (exact) mass is 474 g/mol. The number of aromatic hydroxyl groups is 1. The lowest BCUT2D eigenvalue weighted by molar-refractivity contribution is -0.131. The van der Waals surface area contributed by atoms with E-state index in [9.17, 15) is 23.5 Å².